The Morgan fingerprint density at radius 3 is 2.30 bits per heavy atom. The minimum atomic E-state index is 0.953. The van der Waals surface area contributed by atoms with E-state index >= 15 is 0 Å². The van der Waals surface area contributed by atoms with Crippen LogP contribution in [0.2, 0.25) is 0 Å². The van der Waals surface area contributed by atoms with Crippen molar-refractivity contribution in [2.75, 3.05) is 42.9 Å². The molecule has 0 bridgehead atoms. The summed E-state index contributed by atoms with van der Waals surface area (Å²) in [6.45, 7) is 5.14. The zero-order valence-corrected chi connectivity index (χ0v) is 13.3. The van der Waals surface area contributed by atoms with Crippen molar-refractivity contribution in [2.45, 2.75) is 6.42 Å². The third-order valence-corrected chi connectivity index (χ3v) is 4.58. The molecule has 0 unspecified atom stereocenters. The van der Waals surface area contributed by atoms with Crippen molar-refractivity contribution >= 4 is 22.9 Å². The summed E-state index contributed by atoms with van der Waals surface area (Å²) < 4.78 is 0. The van der Waals surface area contributed by atoms with E-state index in [1.165, 1.54) is 11.5 Å². The highest BCUT2D eigenvalue weighted by Gasteiger charge is 2.21. The molecule has 2 aliphatic rings. The van der Waals surface area contributed by atoms with Gasteiger partial charge in [-0.25, -0.2) is 4.99 Å². The van der Waals surface area contributed by atoms with Gasteiger partial charge < -0.3 is 15.1 Å². The number of rotatable bonds is 1. The van der Waals surface area contributed by atoms with Gasteiger partial charge in [0, 0.05) is 44.8 Å². The molecule has 118 valence electrons. The highest BCUT2D eigenvalue weighted by atomic mass is 15.3. The van der Waals surface area contributed by atoms with Gasteiger partial charge in [0.2, 0.25) is 0 Å². The Kier molecular flexibility index (Phi) is 3.88. The summed E-state index contributed by atoms with van der Waals surface area (Å²) in [6.07, 6.45) is 0.986. The lowest BCUT2D eigenvalue weighted by Gasteiger charge is -2.37. The summed E-state index contributed by atoms with van der Waals surface area (Å²) in [6, 6.07) is 19.0. The smallest absolute Gasteiger partial charge is 0.107 e. The Morgan fingerprint density at radius 1 is 0.783 bits per heavy atom. The van der Waals surface area contributed by atoms with Crippen LogP contribution in [0.3, 0.4) is 0 Å². The van der Waals surface area contributed by atoms with Crippen LogP contribution in [0.1, 0.15) is 6.42 Å². The summed E-state index contributed by atoms with van der Waals surface area (Å²) in [5.74, 6) is 1.22. The van der Waals surface area contributed by atoms with E-state index in [1.807, 2.05) is 0 Å². The summed E-state index contributed by atoms with van der Waals surface area (Å²) in [4.78, 5) is 9.83. The lowest BCUT2D eigenvalue weighted by atomic mass is 10.2. The van der Waals surface area contributed by atoms with Crippen LogP contribution in [0.4, 0.5) is 17.1 Å². The molecule has 1 saturated heterocycles. The number of para-hydroxylation sites is 3. The minimum absolute atomic E-state index is 0.953. The number of piperazine rings is 1. The third kappa shape index (κ3) is 3.02. The lowest BCUT2D eigenvalue weighted by Crippen LogP contribution is -2.49. The monoisotopic (exact) mass is 306 g/mol. The molecular weight excluding hydrogens is 284 g/mol. The van der Waals surface area contributed by atoms with Crippen LogP contribution < -0.4 is 10.2 Å². The number of anilines is 2. The Bertz CT molecular complexity index is 688. The van der Waals surface area contributed by atoms with Crippen molar-refractivity contribution < 1.29 is 0 Å². The van der Waals surface area contributed by atoms with Crippen LogP contribution in [0.5, 0.6) is 0 Å². The molecule has 4 nitrogen and oxygen atoms in total. The number of nitrogens with one attached hydrogen (secondary N) is 1. The summed E-state index contributed by atoms with van der Waals surface area (Å²) in [5, 5.41) is 3.48. The van der Waals surface area contributed by atoms with Crippen molar-refractivity contribution in [2.24, 2.45) is 4.99 Å². The van der Waals surface area contributed by atoms with Gasteiger partial charge in [-0.3, -0.25) is 0 Å². The first kappa shape index (κ1) is 14.1. The van der Waals surface area contributed by atoms with E-state index in [0.29, 0.717) is 0 Å². The zero-order valence-electron chi connectivity index (χ0n) is 13.3. The van der Waals surface area contributed by atoms with Gasteiger partial charge in [0.1, 0.15) is 5.84 Å². The van der Waals surface area contributed by atoms with Crippen molar-refractivity contribution in [1.29, 1.82) is 0 Å². The Balaban J connectivity index is 1.47. The van der Waals surface area contributed by atoms with Crippen LogP contribution >= 0.6 is 0 Å². The molecule has 2 aliphatic heterocycles. The molecule has 0 saturated carbocycles. The standard InChI is InChI=1S/C19H22N4/c1-2-6-16(7-3-1)22-12-14-23(15-13-22)19-10-11-20-17-8-4-5-9-18(17)21-19/h1-9,20H,10-15H2. The molecular formula is C19H22N4. The Hall–Kier alpha value is -2.49. The number of hydrogen-bond acceptors (Lipinski definition) is 4. The number of benzene rings is 2. The summed E-state index contributed by atoms with van der Waals surface area (Å²) in [5.41, 5.74) is 3.53. The van der Waals surface area contributed by atoms with Gasteiger partial charge in [0.25, 0.3) is 0 Å². The normalized spacial score (nSPS) is 17.8. The van der Waals surface area contributed by atoms with Gasteiger partial charge in [-0.1, -0.05) is 30.3 Å². The predicted molar refractivity (Wildman–Crippen MR) is 96.9 cm³/mol. The maximum Gasteiger partial charge on any atom is 0.107 e. The fraction of sp³-hybridized carbons (Fsp3) is 0.316. The van der Waals surface area contributed by atoms with E-state index in [1.54, 1.807) is 0 Å². The molecule has 0 aromatic heterocycles. The van der Waals surface area contributed by atoms with Gasteiger partial charge in [-0.15, -0.1) is 0 Å². The quantitative estimate of drug-likeness (QED) is 0.876. The first-order chi connectivity index (χ1) is 11.4. The Morgan fingerprint density at radius 2 is 1.48 bits per heavy atom. The molecule has 1 N–H and O–H groups in total. The summed E-state index contributed by atoms with van der Waals surface area (Å²) in [7, 11) is 0. The van der Waals surface area contributed by atoms with E-state index in [-0.39, 0.29) is 0 Å². The molecule has 0 spiro atoms. The first-order valence-electron chi connectivity index (χ1n) is 8.35. The molecule has 4 rings (SSSR count). The second kappa shape index (κ2) is 6.32. The number of nitrogens with zero attached hydrogens (tertiary/aromatic N) is 3. The van der Waals surface area contributed by atoms with Gasteiger partial charge in [0.05, 0.1) is 11.4 Å². The van der Waals surface area contributed by atoms with E-state index in [4.69, 9.17) is 4.99 Å². The topological polar surface area (TPSA) is 30.9 Å². The number of amidine groups is 1. The van der Waals surface area contributed by atoms with Crippen molar-refractivity contribution in [1.82, 2.24) is 4.90 Å². The van der Waals surface area contributed by atoms with Crippen LogP contribution in [-0.2, 0) is 0 Å². The lowest BCUT2D eigenvalue weighted by molar-refractivity contribution is 0.380. The van der Waals surface area contributed by atoms with Gasteiger partial charge in [-0.05, 0) is 24.3 Å². The molecule has 0 aliphatic carbocycles. The Labute approximate surface area is 137 Å². The maximum atomic E-state index is 4.92. The van der Waals surface area contributed by atoms with E-state index in [2.05, 4.69) is 69.7 Å². The number of hydrogen-bond donors (Lipinski definition) is 1. The second-order valence-electron chi connectivity index (χ2n) is 6.03. The SMILES string of the molecule is c1ccc(N2CCN(C3=Nc4ccccc4NCC3)CC2)cc1. The molecule has 1 fully saturated rings. The summed E-state index contributed by atoms with van der Waals surface area (Å²) >= 11 is 0. The van der Waals surface area contributed by atoms with Gasteiger partial charge in [-0.2, -0.15) is 0 Å². The minimum Gasteiger partial charge on any atom is -0.383 e. The maximum absolute atomic E-state index is 4.92. The van der Waals surface area contributed by atoms with Crippen molar-refractivity contribution in [3.8, 4) is 0 Å². The van der Waals surface area contributed by atoms with Crippen molar-refractivity contribution in [3.05, 3.63) is 54.6 Å². The molecule has 4 heteroatoms. The van der Waals surface area contributed by atoms with Gasteiger partial charge >= 0.3 is 0 Å². The molecule has 0 radical (unpaired) electrons. The highest BCUT2D eigenvalue weighted by Crippen LogP contribution is 2.27. The fourth-order valence-corrected chi connectivity index (χ4v) is 3.31. The van der Waals surface area contributed by atoms with E-state index < -0.39 is 0 Å². The average molecular weight is 306 g/mol. The molecule has 2 heterocycles. The molecule has 23 heavy (non-hydrogen) atoms. The fourth-order valence-electron chi connectivity index (χ4n) is 3.31. The third-order valence-electron chi connectivity index (χ3n) is 4.58. The van der Waals surface area contributed by atoms with E-state index in [9.17, 15) is 0 Å². The molecule has 2 aromatic carbocycles. The average Bonchev–Trinajstić information content (AvgIpc) is 2.85. The van der Waals surface area contributed by atoms with Crippen molar-refractivity contribution in [3.63, 3.8) is 0 Å². The van der Waals surface area contributed by atoms with Crippen LogP contribution in [0.15, 0.2) is 59.6 Å². The largest absolute Gasteiger partial charge is 0.383 e. The number of aliphatic imine (C=N–C) groups is 1. The van der Waals surface area contributed by atoms with Crippen LogP contribution in [0.25, 0.3) is 0 Å². The molecule has 0 atom stereocenters. The molecule has 2 aromatic rings. The molecule has 0 amide bonds. The number of fused-ring (bicyclic) bond motifs is 1. The zero-order chi connectivity index (χ0) is 15.5. The predicted octanol–water partition coefficient (Wildman–Crippen LogP) is 3.35. The van der Waals surface area contributed by atoms with Crippen LogP contribution in [0, 0.1) is 0 Å². The van der Waals surface area contributed by atoms with E-state index in [0.717, 1.165) is 50.5 Å². The first-order valence-corrected chi connectivity index (χ1v) is 8.35. The second-order valence-corrected chi connectivity index (χ2v) is 6.03. The van der Waals surface area contributed by atoms with Gasteiger partial charge in [0.15, 0.2) is 0 Å². The highest BCUT2D eigenvalue weighted by molar-refractivity contribution is 5.89. The van der Waals surface area contributed by atoms with Crippen LogP contribution in [-0.4, -0.2) is 43.5 Å².